The van der Waals surface area contributed by atoms with Gasteiger partial charge in [-0.25, -0.2) is 8.78 Å². The average Bonchev–Trinajstić information content (AvgIpc) is 2.92. The first kappa shape index (κ1) is 20.8. The van der Waals surface area contributed by atoms with Crippen LogP contribution in [0.1, 0.15) is 41.4 Å². The maximum Gasteiger partial charge on any atom is 0.311 e. The molecule has 0 aliphatic heterocycles. The highest BCUT2D eigenvalue weighted by atomic mass is 35.5. The van der Waals surface area contributed by atoms with Crippen LogP contribution in [-0.4, -0.2) is 26.7 Å². The third-order valence-electron chi connectivity index (χ3n) is 4.95. The minimum Gasteiger partial charge on any atom is -0.505 e. The Balaban J connectivity index is 2.38. The second-order valence-electron chi connectivity index (χ2n) is 7.12. The molecule has 5 nitrogen and oxygen atoms in total. The van der Waals surface area contributed by atoms with Crippen LogP contribution in [0, 0.1) is 24.5 Å². The number of carbonyl (C=O) groups excluding carboxylic acids is 1. The molecule has 2 N–H and O–H groups in total. The molecule has 0 amide bonds. The largest absolute Gasteiger partial charge is 0.505 e. The van der Waals surface area contributed by atoms with Crippen LogP contribution in [0.4, 0.5) is 8.78 Å². The second-order valence-corrected chi connectivity index (χ2v) is 7.53. The van der Waals surface area contributed by atoms with Crippen molar-refractivity contribution in [3.8, 4) is 5.75 Å². The summed E-state index contributed by atoms with van der Waals surface area (Å²) >= 11 is 5.68. The number of phenols is 1. The molecule has 29 heavy (non-hydrogen) atoms. The van der Waals surface area contributed by atoms with Gasteiger partial charge in [0.1, 0.15) is 5.82 Å². The van der Waals surface area contributed by atoms with E-state index < -0.39 is 41.1 Å². The van der Waals surface area contributed by atoms with Crippen molar-refractivity contribution in [2.45, 2.75) is 26.7 Å². The lowest BCUT2D eigenvalue weighted by Crippen LogP contribution is -2.20. The highest BCUT2D eigenvalue weighted by Crippen LogP contribution is 2.40. The normalized spacial score (nSPS) is 12.5. The molecule has 0 saturated carbocycles. The van der Waals surface area contributed by atoms with Gasteiger partial charge in [0.15, 0.2) is 11.6 Å². The number of benzene rings is 2. The topological polar surface area (TPSA) is 79.5 Å². The number of nitrogens with zero attached hydrogens (tertiary/aromatic N) is 1. The number of rotatable bonds is 4. The number of carboxylic acids is 1. The first-order chi connectivity index (χ1) is 13.6. The van der Waals surface area contributed by atoms with Crippen LogP contribution in [-0.2, 0) is 4.79 Å². The fourth-order valence-corrected chi connectivity index (χ4v) is 3.74. The molecule has 0 fully saturated rings. The summed E-state index contributed by atoms with van der Waals surface area (Å²) in [6, 6.07) is 5.93. The van der Waals surface area contributed by atoms with E-state index in [1.54, 1.807) is 13.8 Å². The first-order valence-corrected chi connectivity index (χ1v) is 9.19. The van der Waals surface area contributed by atoms with Gasteiger partial charge in [0.2, 0.25) is 0 Å². The first-order valence-electron chi connectivity index (χ1n) is 8.81. The molecule has 1 heterocycles. The minimum absolute atomic E-state index is 0.0386. The van der Waals surface area contributed by atoms with E-state index in [4.69, 9.17) is 11.6 Å². The second kappa shape index (κ2) is 7.48. The lowest BCUT2D eigenvalue weighted by atomic mass is 9.86. The van der Waals surface area contributed by atoms with Gasteiger partial charge in [-0.2, -0.15) is 0 Å². The Bertz CT molecular complexity index is 1150. The number of carboxylic acid groups (broad SMARTS) is 1. The van der Waals surface area contributed by atoms with Gasteiger partial charge in [0.05, 0.1) is 16.5 Å². The maximum absolute atomic E-state index is 14.9. The molecule has 0 bridgehead atoms. The van der Waals surface area contributed by atoms with E-state index >= 15 is 0 Å². The Morgan fingerprint density at radius 2 is 1.79 bits per heavy atom. The van der Waals surface area contributed by atoms with Crippen molar-refractivity contribution >= 4 is 34.4 Å². The van der Waals surface area contributed by atoms with Crippen LogP contribution < -0.4 is 0 Å². The highest BCUT2D eigenvalue weighted by molar-refractivity contribution is 6.30. The van der Waals surface area contributed by atoms with Crippen LogP contribution in [0.25, 0.3) is 10.9 Å². The summed E-state index contributed by atoms with van der Waals surface area (Å²) in [6.07, 6.45) is 0. The summed E-state index contributed by atoms with van der Waals surface area (Å²) in [7, 11) is 0. The molecule has 3 aromatic rings. The Hall–Kier alpha value is -2.93. The SMILES string of the molecule is Cc1c(C(C(=O)O)C(C)C)c2c(F)c(O)ccc2n1C(=O)c1ccc(Cl)c(F)c1. The predicted molar refractivity (Wildman–Crippen MR) is 105 cm³/mol. The summed E-state index contributed by atoms with van der Waals surface area (Å²) in [6.45, 7) is 4.82. The number of halogens is 3. The van der Waals surface area contributed by atoms with E-state index in [0.29, 0.717) is 0 Å². The van der Waals surface area contributed by atoms with Gasteiger partial charge in [-0.05, 0) is 48.7 Å². The molecule has 0 spiro atoms. The molecule has 1 atom stereocenters. The number of phenolic OH excluding ortho intramolecular Hbond substituents is 1. The van der Waals surface area contributed by atoms with Gasteiger partial charge in [-0.3, -0.25) is 14.2 Å². The number of hydrogen-bond acceptors (Lipinski definition) is 3. The molecule has 2 aromatic carbocycles. The number of fused-ring (bicyclic) bond motifs is 1. The van der Waals surface area contributed by atoms with Crippen molar-refractivity contribution in [2.24, 2.45) is 5.92 Å². The predicted octanol–water partition coefficient (Wildman–Crippen LogP) is 5.10. The summed E-state index contributed by atoms with van der Waals surface area (Å²) in [5.74, 6) is -5.86. The molecule has 1 unspecified atom stereocenters. The van der Waals surface area contributed by atoms with Gasteiger partial charge in [-0.15, -0.1) is 0 Å². The van der Waals surface area contributed by atoms with Crippen molar-refractivity contribution in [3.63, 3.8) is 0 Å². The van der Waals surface area contributed by atoms with Crippen molar-refractivity contribution in [3.05, 3.63) is 63.8 Å². The van der Waals surface area contributed by atoms with Crippen molar-refractivity contribution in [1.82, 2.24) is 4.57 Å². The summed E-state index contributed by atoms with van der Waals surface area (Å²) in [5.41, 5.74) is 0.341. The molecular formula is C21H18ClF2NO4. The highest BCUT2D eigenvalue weighted by Gasteiger charge is 2.33. The van der Waals surface area contributed by atoms with E-state index in [0.717, 1.165) is 16.7 Å². The van der Waals surface area contributed by atoms with Crippen LogP contribution in [0.3, 0.4) is 0 Å². The Morgan fingerprint density at radius 1 is 1.14 bits per heavy atom. The monoisotopic (exact) mass is 421 g/mol. The lowest BCUT2D eigenvalue weighted by Gasteiger charge is -2.17. The maximum atomic E-state index is 14.9. The molecule has 0 saturated heterocycles. The van der Waals surface area contributed by atoms with E-state index in [9.17, 15) is 28.6 Å². The summed E-state index contributed by atoms with van der Waals surface area (Å²) in [4.78, 5) is 25.1. The fourth-order valence-electron chi connectivity index (χ4n) is 3.62. The molecular weight excluding hydrogens is 404 g/mol. The molecule has 0 aliphatic rings. The standard InChI is InChI=1S/C21H18ClF2NO4/c1-9(2)16(21(28)29)17-10(3)25(14-6-7-15(26)19(24)18(14)17)20(27)11-4-5-12(22)13(23)8-11/h4-9,16,26H,1-3H3,(H,28,29). The van der Waals surface area contributed by atoms with Gasteiger partial charge in [0.25, 0.3) is 5.91 Å². The van der Waals surface area contributed by atoms with Crippen LogP contribution in [0.5, 0.6) is 5.75 Å². The third kappa shape index (κ3) is 3.35. The van der Waals surface area contributed by atoms with Crippen molar-refractivity contribution in [2.75, 3.05) is 0 Å². The number of hydrogen-bond donors (Lipinski definition) is 2. The van der Waals surface area contributed by atoms with E-state index in [-0.39, 0.29) is 32.7 Å². The number of aromatic nitrogens is 1. The number of aromatic hydroxyl groups is 1. The molecule has 8 heteroatoms. The Labute approximate surface area is 170 Å². The van der Waals surface area contributed by atoms with E-state index in [1.165, 1.54) is 25.1 Å². The third-order valence-corrected chi connectivity index (χ3v) is 5.25. The summed E-state index contributed by atoms with van der Waals surface area (Å²) in [5, 5.41) is 19.3. The van der Waals surface area contributed by atoms with Crippen molar-refractivity contribution in [1.29, 1.82) is 0 Å². The van der Waals surface area contributed by atoms with Crippen LogP contribution in [0.15, 0.2) is 30.3 Å². The zero-order valence-electron chi connectivity index (χ0n) is 15.8. The minimum atomic E-state index is -1.19. The zero-order valence-corrected chi connectivity index (χ0v) is 16.6. The molecule has 0 aliphatic carbocycles. The molecule has 0 radical (unpaired) electrons. The smallest absolute Gasteiger partial charge is 0.311 e. The van der Waals surface area contributed by atoms with Gasteiger partial charge < -0.3 is 10.2 Å². The number of carbonyl (C=O) groups is 2. The molecule has 1 aromatic heterocycles. The molecule has 152 valence electrons. The van der Waals surface area contributed by atoms with Crippen molar-refractivity contribution < 1.29 is 28.6 Å². The van der Waals surface area contributed by atoms with Crippen LogP contribution >= 0.6 is 11.6 Å². The Kier molecular flexibility index (Phi) is 5.36. The van der Waals surface area contributed by atoms with E-state index in [2.05, 4.69) is 0 Å². The summed E-state index contributed by atoms with van der Waals surface area (Å²) < 4.78 is 29.9. The average molecular weight is 422 g/mol. The van der Waals surface area contributed by atoms with Gasteiger partial charge in [0, 0.05) is 16.6 Å². The zero-order chi connectivity index (χ0) is 21.6. The van der Waals surface area contributed by atoms with E-state index in [1.807, 2.05) is 0 Å². The lowest BCUT2D eigenvalue weighted by molar-refractivity contribution is -0.139. The van der Waals surface area contributed by atoms with Crippen LogP contribution in [0.2, 0.25) is 5.02 Å². The fraction of sp³-hybridized carbons (Fsp3) is 0.238. The Morgan fingerprint density at radius 3 is 2.34 bits per heavy atom. The number of aliphatic carboxylic acids is 1. The van der Waals surface area contributed by atoms with Gasteiger partial charge in [-0.1, -0.05) is 25.4 Å². The van der Waals surface area contributed by atoms with Gasteiger partial charge >= 0.3 is 5.97 Å². The molecule has 3 rings (SSSR count). The quantitative estimate of drug-likeness (QED) is 0.614.